The summed E-state index contributed by atoms with van der Waals surface area (Å²) >= 11 is 0. The number of benzene rings is 1. The molecule has 1 aromatic rings. The maximum Gasteiger partial charge on any atom is 0.128 e. The molecule has 1 heterocycles. The highest BCUT2D eigenvalue weighted by atomic mass is 16.5. The fraction of sp³-hybridized carbons (Fsp3) is 0.600. The molecule has 2 rings (SSSR count). The van der Waals surface area contributed by atoms with Gasteiger partial charge in [-0.2, -0.15) is 0 Å². The van der Waals surface area contributed by atoms with Crippen LogP contribution in [0, 0.1) is 0 Å². The Balaban J connectivity index is 2.22. The predicted octanol–water partition coefficient (Wildman–Crippen LogP) is 1.26. The molecule has 112 valence electrons. The van der Waals surface area contributed by atoms with E-state index < -0.39 is 0 Å². The Morgan fingerprint density at radius 1 is 1.00 bits per heavy atom. The van der Waals surface area contributed by atoms with Crippen LogP contribution in [0.4, 0.5) is 0 Å². The third kappa shape index (κ3) is 3.62. The Morgan fingerprint density at radius 2 is 1.65 bits per heavy atom. The summed E-state index contributed by atoms with van der Waals surface area (Å²) in [5, 5.41) is 3.37. The fourth-order valence-corrected chi connectivity index (χ4v) is 2.54. The minimum absolute atomic E-state index is 0.543. The van der Waals surface area contributed by atoms with E-state index in [-0.39, 0.29) is 0 Å². The van der Waals surface area contributed by atoms with Crippen molar-refractivity contribution in [2.24, 2.45) is 0 Å². The van der Waals surface area contributed by atoms with Crippen LogP contribution in [0.25, 0.3) is 0 Å². The van der Waals surface area contributed by atoms with Gasteiger partial charge >= 0.3 is 0 Å². The van der Waals surface area contributed by atoms with Crippen molar-refractivity contribution in [2.45, 2.75) is 13.2 Å². The van der Waals surface area contributed by atoms with Crippen LogP contribution >= 0.6 is 0 Å². The van der Waals surface area contributed by atoms with E-state index in [0.717, 1.165) is 49.8 Å². The van der Waals surface area contributed by atoms with Gasteiger partial charge in [0.15, 0.2) is 0 Å². The third-order valence-corrected chi connectivity index (χ3v) is 3.59. The molecule has 20 heavy (non-hydrogen) atoms. The highest BCUT2D eigenvalue weighted by molar-refractivity contribution is 5.46. The van der Waals surface area contributed by atoms with Gasteiger partial charge in [0, 0.05) is 57.0 Å². The lowest BCUT2D eigenvalue weighted by Crippen LogP contribution is -2.42. The Kier molecular flexibility index (Phi) is 5.64. The molecular formula is C15H24N2O3. The van der Waals surface area contributed by atoms with Gasteiger partial charge in [0.1, 0.15) is 11.5 Å². The molecule has 1 aliphatic rings. The van der Waals surface area contributed by atoms with Gasteiger partial charge in [-0.3, -0.25) is 4.90 Å². The molecule has 1 fully saturated rings. The summed E-state index contributed by atoms with van der Waals surface area (Å²) < 4.78 is 16.1. The van der Waals surface area contributed by atoms with Crippen LogP contribution in [0.3, 0.4) is 0 Å². The lowest BCUT2D eigenvalue weighted by Gasteiger charge is -2.28. The molecule has 0 aromatic heterocycles. The molecule has 0 atom stereocenters. The average molecular weight is 280 g/mol. The van der Waals surface area contributed by atoms with E-state index in [0.29, 0.717) is 6.61 Å². The summed E-state index contributed by atoms with van der Waals surface area (Å²) in [5.41, 5.74) is 2.24. The van der Waals surface area contributed by atoms with Crippen LogP contribution in [0.5, 0.6) is 11.5 Å². The number of hydrogen-bond donors (Lipinski definition) is 1. The standard InChI is InChI=1S/C15H24N2O3/c1-18-11-13-8-12(10-17-6-4-16-5-7-17)14(19-2)9-15(13)20-3/h8-9,16H,4-7,10-11H2,1-3H3. The van der Waals surface area contributed by atoms with Crippen LogP contribution < -0.4 is 14.8 Å². The molecule has 0 spiro atoms. The zero-order valence-electron chi connectivity index (χ0n) is 12.6. The number of piperazine rings is 1. The summed E-state index contributed by atoms with van der Waals surface area (Å²) in [6.45, 7) is 5.66. The van der Waals surface area contributed by atoms with Gasteiger partial charge < -0.3 is 19.5 Å². The first-order valence-electron chi connectivity index (χ1n) is 6.94. The van der Waals surface area contributed by atoms with E-state index in [1.54, 1.807) is 21.3 Å². The summed E-state index contributed by atoms with van der Waals surface area (Å²) in [6.07, 6.45) is 0. The molecule has 1 saturated heterocycles. The van der Waals surface area contributed by atoms with Crippen molar-refractivity contribution in [3.63, 3.8) is 0 Å². The first kappa shape index (κ1) is 15.1. The van der Waals surface area contributed by atoms with Gasteiger partial charge in [-0.05, 0) is 6.07 Å². The Hall–Kier alpha value is -1.30. The van der Waals surface area contributed by atoms with E-state index in [9.17, 15) is 0 Å². The van der Waals surface area contributed by atoms with Crippen molar-refractivity contribution >= 4 is 0 Å². The number of ether oxygens (including phenoxy) is 3. The minimum atomic E-state index is 0.543. The second-order valence-electron chi connectivity index (χ2n) is 4.94. The summed E-state index contributed by atoms with van der Waals surface area (Å²) in [5.74, 6) is 1.69. The predicted molar refractivity (Wildman–Crippen MR) is 78.4 cm³/mol. The smallest absolute Gasteiger partial charge is 0.128 e. The topological polar surface area (TPSA) is 43.0 Å². The first-order chi connectivity index (χ1) is 9.78. The SMILES string of the molecule is COCc1cc(CN2CCNCC2)c(OC)cc1OC. The molecule has 0 unspecified atom stereocenters. The van der Waals surface area contributed by atoms with E-state index >= 15 is 0 Å². The number of nitrogens with zero attached hydrogens (tertiary/aromatic N) is 1. The highest BCUT2D eigenvalue weighted by Gasteiger charge is 2.15. The number of rotatable bonds is 6. The molecular weight excluding hydrogens is 256 g/mol. The monoisotopic (exact) mass is 280 g/mol. The van der Waals surface area contributed by atoms with Crippen molar-refractivity contribution < 1.29 is 14.2 Å². The average Bonchev–Trinajstić information content (AvgIpc) is 2.49. The largest absolute Gasteiger partial charge is 0.496 e. The second kappa shape index (κ2) is 7.47. The molecule has 0 radical (unpaired) electrons. The van der Waals surface area contributed by atoms with Crippen LogP contribution in [0.15, 0.2) is 12.1 Å². The van der Waals surface area contributed by atoms with Crippen molar-refractivity contribution in [1.82, 2.24) is 10.2 Å². The number of nitrogens with one attached hydrogen (secondary N) is 1. The molecule has 0 saturated carbocycles. The first-order valence-corrected chi connectivity index (χ1v) is 6.94. The van der Waals surface area contributed by atoms with E-state index in [1.807, 2.05) is 6.07 Å². The maximum absolute atomic E-state index is 5.50. The van der Waals surface area contributed by atoms with Gasteiger partial charge in [0.25, 0.3) is 0 Å². The molecule has 5 nitrogen and oxygen atoms in total. The van der Waals surface area contributed by atoms with Gasteiger partial charge in [0.2, 0.25) is 0 Å². The normalized spacial score (nSPS) is 16.1. The van der Waals surface area contributed by atoms with E-state index in [4.69, 9.17) is 14.2 Å². The Morgan fingerprint density at radius 3 is 2.25 bits per heavy atom. The molecule has 0 amide bonds. The van der Waals surface area contributed by atoms with Crippen LogP contribution in [0.2, 0.25) is 0 Å². The number of methoxy groups -OCH3 is 3. The van der Waals surface area contributed by atoms with E-state index in [1.165, 1.54) is 5.56 Å². The molecule has 0 aliphatic carbocycles. The molecule has 1 aromatic carbocycles. The molecule has 1 aliphatic heterocycles. The second-order valence-corrected chi connectivity index (χ2v) is 4.94. The van der Waals surface area contributed by atoms with Gasteiger partial charge in [-0.15, -0.1) is 0 Å². The molecule has 0 bridgehead atoms. The van der Waals surface area contributed by atoms with Gasteiger partial charge in [0.05, 0.1) is 20.8 Å². The summed E-state index contributed by atoms with van der Waals surface area (Å²) in [7, 11) is 5.07. The van der Waals surface area contributed by atoms with Gasteiger partial charge in [-0.25, -0.2) is 0 Å². The van der Waals surface area contributed by atoms with Crippen LogP contribution in [-0.2, 0) is 17.9 Å². The highest BCUT2D eigenvalue weighted by Crippen LogP contribution is 2.30. The zero-order valence-corrected chi connectivity index (χ0v) is 12.6. The Bertz CT molecular complexity index is 431. The van der Waals surface area contributed by atoms with Gasteiger partial charge in [-0.1, -0.05) is 0 Å². The summed E-state index contributed by atoms with van der Waals surface area (Å²) in [4.78, 5) is 2.43. The quantitative estimate of drug-likeness (QED) is 0.849. The van der Waals surface area contributed by atoms with Crippen molar-refractivity contribution in [3.05, 3.63) is 23.3 Å². The molecule has 5 heteroatoms. The Labute approximate surface area is 120 Å². The van der Waals surface area contributed by atoms with Crippen LogP contribution in [0.1, 0.15) is 11.1 Å². The van der Waals surface area contributed by atoms with E-state index in [2.05, 4.69) is 16.3 Å². The zero-order chi connectivity index (χ0) is 14.4. The van der Waals surface area contributed by atoms with Crippen molar-refractivity contribution in [3.8, 4) is 11.5 Å². The third-order valence-electron chi connectivity index (χ3n) is 3.59. The van der Waals surface area contributed by atoms with Crippen molar-refractivity contribution in [1.29, 1.82) is 0 Å². The lowest BCUT2D eigenvalue weighted by molar-refractivity contribution is 0.181. The van der Waals surface area contributed by atoms with Crippen LogP contribution in [-0.4, -0.2) is 52.4 Å². The molecule has 1 N–H and O–H groups in total. The maximum atomic E-state index is 5.50. The lowest BCUT2D eigenvalue weighted by atomic mass is 10.1. The minimum Gasteiger partial charge on any atom is -0.496 e. The van der Waals surface area contributed by atoms with Crippen molar-refractivity contribution in [2.75, 3.05) is 47.5 Å². The number of hydrogen-bond acceptors (Lipinski definition) is 5. The fourth-order valence-electron chi connectivity index (χ4n) is 2.54. The summed E-state index contributed by atoms with van der Waals surface area (Å²) in [6, 6.07) is 4.08.